The van der Waals surface area contributed by atoms with Gasteiger partial charge in [-0.15, -0.1) is 0 Å². The molecule has 0 bridgehead atoms. The highest BCUT2D eigenvalue weighted by molar-refractivity contribution is 5.85. The molecule has 2 fully saturated rings. The maximum atomic E-state index is 12.9. The van der Waals surface area contributed by atoms with Gasteiger partial charge in [-0.05, 0) is 30.7 Å². The first-order valence-corrected chi connectivity index (χ1v) is 8.00. The Morgan fingerprint density at radius 1 is 1.24 bits per heavy atom. The van der Waals surface area contributed by atoms with Crippen LogP contribution in [0.5, 0.6) is 5.75 Å². The second-order valence-electron chi connectivity index (χ2n) is 6.66. The molecule has 1 saturated heterocycles. The number of para-hydroxylation sites is 1. The number of hydrogen-bond acceptors (Lipinski definition) is 3. The van der Waals surface area contributed by atoms with Crippen molar-refractivity contribution in [3.8, 4) is 5.75 Å². The minimum atomic E-state index is -0.127. The first kappa shape index (κ1) is 13.1. The zero-order chi connectivity index (χ0) is 14.4. The van der Waals surface area contributed by atoms with E-state index < -0.39 is 0 Å². The molecule has 4 rings (SSSR count). The molecule has 3 aliphatic rings. The van der Waals surface area contributed by atoms with Gasteiger partial charge in [0.25, 0.3) is 0 Å². The molecule has 1 aromatic carbocycles. The number of rotatable bonds is 1. The normalized spacial score (nSPS) is 34.2. The number of ether oxygens (including phenoxy) is 1. The molecular weight excluding hydrogens is 264 g/mol. The van der Waals surface area contributed by atoms with Crippen molar-refractivity contribution in [3.63, 3.8) is 0 Å². The molecule has 0 spiro atoms. The van der Waals surface area contributed by atoms with Gasteiger partial charge in [0.1, 0.15) is 18.3 Å². The molecule has 2 N–H and O–H groups in total. The summed E-state index contributed by atoms with van der Waals surface area (Å²) >= 11 is 0. The van der Waals surface area contributed by atoms with Gasteiger partial charge in [0.15, 0.2) is 0 Å². The Morgan fingerprint density at radius 2 is 2.10 bits per heavy atom. The minimum absolute atomic E-state index is 0.127. The van der Waals surface area contributed by atoms with Gasteiger partial charge in [-0.25, -0.2) is 0 Å². The molecule has 4 heteroatoms. The van der Waals surface area contributed by atoms with Gasteiger partial charge in [-0.3, -0.25) is 4.79 Å². The monoisotopic (exact) mass is 286 g/mol. The summed E-state index contributed by atoms with van der Waals surface area (Å²) < 4.78 is 5.66. The average molecular weight is 286 g/mol. The third kappa shape index (κ3) is 2.13. The Morgan fingerprint density at radius 3 is 2.95 bits per heavy atom. The summed E-state index contributed by atoms with van der Waals surface area (Å²) in [5.74, 6) is 2.07. The van der Waals surface area contributed by atoms with E-state index in [1.165, 1.54) is 12.8 Å². The van der Waals surface area contributed by atoms with E-state index in [4.69, 9.17) is 10.5 Å². The van der Waals surface area contributed by atoms with Crippen LogP contribution in [-0.2, 0) is 4.79 Å². The predicted molar refractivity (Wildman–Crippen MR) is 80.1 cm³/mol. The third-order valence-corrected chi connectivity index (χ3v) is 5.46. The summed E-state index contributed by atoms with van der Waals surface area (Å²) in [6.45, 7) is 2.20. The van der Waals surface area contributed by atoms with E-state index in [0.29, 0.717) is 18.4 Å². The predicted octanol–water partition coefficient (Wildman–Crippen LogP) is 1.75. The van der Waals surface area contributed by atoms with Gasteiger partial charge in [-0.2, -0.15) is 0 Å². The second-order valence-corrected chi connectivity index (χ2v) is 6.66. The van der Waals surface area contributed by atoms with Crippen molar-refractivity contribution in [1.82, 2.24) is 4.90 Å². The average Bonchev–Trinajstić information content (AvgIpc) is 3.11. The van der Waals surface area contributed by atoms with Crippen LogP contribution in [0.1, 0.15) is 30.7 Å². The SMILES string of the molecule is NC1CCCC2CN(C(=O)C3COc4ccccc43)CC12. The molecule has 0 aromatic heterocycles. The number of amides is 1. The van der Waals surface area contributed by atoms with Crippen LogP contribution in [0.25, 0.3) is 0 Å². The van der Waals surface area contributed by atoms with Crippen molar-refractivity contribution in [2.75, 3.05) is 19.7 Å². The van der Waals surface area contributed by atoms with Crippen LogP contribution in [0.2, 0.25) is 0 Å². The number of nitrogens with two attached hydrogens (primary N) is 1. The van der Waals surface area contributed by atoms with E-state index in [9.17, 15) is 4.79 Å². The summed E-state index contributed by atoms with van der Waals surface area (Å²) in [7, 11) is 0. The molecule has 0 radical (unpaired) electrons. The maximum absolute atomic E-state index is 12.9. The van der Waals surface area contributed by atoms with Crippen molar-refractivity contribution in [2.24, 2.45) is 17.6 Å². The fraction of sp³-hybridized carbons (Fsp3) is 0.588. The van der Waals surface area contributed by atoms with E-state index >= 15 is 0 Å². The third-order valence-electron chi connectivity index (χ3n) is 5.46. The Balaban J connectivity index is 1.52. The number of nitrogens with zero attached hydrogens (tertiary/aromatic N) is 1. The standard InChI is InChI=1S/C17H22N2O2/c18-15-6-3-4-11-8-19(9-13(11)15)17(20)14-10-21-16-7-2-1-5-12(14)16/h1-2,5,7,11,13-15H,3-4,6,8-10,18H2. The van der Waals surface area contributed by atoms with Gasteiger partial charge >= 0.3 is 0 Å². The molecule has 1 aromatic rings. The highest BCUT2D eigenvalue weighted by Gasteiger charge is 2.43. The van der Waals surface area contributed by atoms with Crippen LogP contribution in [-0.4, -0.2) is 36.5 Å². The summed E-state index contributed by atoms with van der Waals surface area (Å²) in [5, 5.41) is 0. The van der Waals surface area contributed by atoms with Gasteiger partial charge in [0.2, 0.25) is 5.91 Å². The van der Waals surface area contributed by atoms with Crippen LogP contribution in [0.3, 0.4) is 0 Å². The lowest BCUT2D eigenvalue weighted by Crippen LogP contribution is -2.39. The van der Waals surface area contributed by atoms with Crippen LogP contribution < -0.4 is 10.5 Å². The summed E-state index contributed by atoms with van der Waals surface area (Å²) in [5.41, 5.74) is 7.29. The van der Waals surface area contributed by atoms with Crippen molar-refractivity contribution in [1.29, 1.82) is 0 Å². The van der Waals surface area contributed by atoms with Crippen molar-refractivity contribution < 1.29 is 9.53 Å². The first-order valence-electron chi connectivity index (χ1n) is 8.00. The second kappa shape index (κ2) is 5.02. The van der Waals surface area contributed by atoms with Gasteiger partial charge in [0.05, 0.1) is 0 Å². The zero-order valence-electron chi connectivity index (χ0n) is 12.2. The highest BCUT2D eigenvalue weighted by Crippen LogP contribution is 2.39. The molecule has 4 atom stereocenters. The van der Waals surface area contributed by atoms with Crippen molar-refractivity contribution in [3.05, 3.63) is 29.8 Å². The smallest absolute Gasteiger partial charge is 0.233 e. The van der Waals surface area contributed by atoms with Gasteiger partial charge in [-0.1, -0.05) is 24.6 Å². The molecule has 1 saturated carbocycles. The zero-order valence-corrected chi connectivity index (χ0v) is 12.2. The van der Waals surface area contributed by atoms with Gasteiger partial charge in [0, 0.05) is 24.7 Å². The Labute approximate surface area is 125 Å². The molecule has 2 heterocycles. The fourth-order valence-electron chi connectivity index (χ4n) is 4.28. The number of carbonyl (C=O) groups is 1. The summed E-state index contributed by atoms with van der Waals surface area (Å²) in [6.07, 6.45) is 3.54. The highest BCUT2D eigenvalue weighted by atomic mass is 16.5. The molecule has 1 aliphatic carbocycles. The maximum Gasteiger partial charge on any atom is 0.233 e. The first-order chi connectivity index (χ1) is 10.2. The van der Waals surface area contributed by atoms with Crippen LogP contribution in [0.4, 0.5) is 0 Å². The van der Waals surface area contributed by atoms with Crippen LogP contribution in [0.15, 0.2) is 24.3 Å². The van der Waals surface area contributed by atoms with Crippen LogP contribution >= 0.6 is 0 Å². The Hall–Kier alpha value is -1.55. The van der Waals surface area contributed by atoms with E-state index in [0.717, 1.165) is 30.8 Å². The molecule has 4 nitrogen and oxygen atoms in total. The fourth-order valence-corrected chi connectivity index (χ4v) is 4.28. The molecule has 1 amide bonds. The molecule has 112 valence electrons. The van der Waals surface area contributed by atoms with E-state index in [1.54, 1.807) is 0 Å². The Bertz CT molecular complexity index is 559. The minimum Gasteiger partial charge on any atom is -0.492 e. The number of likely N-dealkylation sites (tertiary alicyclic amines) is 1. The van der Waals surface area contributed by atoms with E-state index in [1.807, 2.05) is 29.2 Å². The topological polar surface area (TPSA) is 55.6 Å². The van der Waals surface area contributed by atoms with Crippen molar-refractivity contribution >= 4 is 5.91 Å². The van der Waals surface area contributed by atoms with E-state index in [-0.39, 0.29) is 17.9 Å². The Kier molecular flexibility index (Phi) is 3.14. The number of benzene rings is 1. The van der Waals surface area contributed by atoms with Crippen molar-refractivity contribution in [2.45, 2.75) is 31.2 Å². The largest absolute Gasteiger partial charge is 0.492 e. The van der Waals surface area contributed by atoms with E-state index in [2.05, 4.69) is 0 Å². The lowest BCUT2D eigenvalue weighted by Gasteiger charge is -2.29. The number of hydrogen-bond donors (Lipinski definition) is 1. The number of carbonyl (C=O) groups excluding carboxylic acids is 1. The summed E-state index contributed by atoms with van der Waals surface area (Å²) in [6, 6.07) is 8.17. The lowest BCUT2D eigenvalue weighted by atomic mass is 9.78. The molecular formula is C17H22N2O2. The molecule has 2 aliphatic heterocycles. The lowest BCUT2D eigenvalue weighted by molar-refractivity contribution is -0.132. The summed E-state index contributed by atoms with van der Waals surface area (Å²) in [4.78, 5) is 14.9. The van der Waals surface area contributed by atoms with Crippen LogP contribution in [0, 0.1) is 11.8 Å². The molecule has 21 heavy (non-hydrogen) atoms. The molecule has 4 unspecified atom stereocenters. The van der Waals surface area contributed by atoms with Gasteiger partial charge < -0.3 is 15.4 Å². The number of fused-ring (bicyclic) bond motifs is 2. The quantitative estimate of drug-likeness (QED) is 0.855.